The van der Waals surface area contributed by atoms with Gasteiger partial charge in [0.25, 0.3) is 0 Å². The molecule has 1 aliphatic rings. The molecule has 0 saturated heterocycles. The molecule has 0 bridgehead atoms. The summed E-state index contributed by atoms with van der Waals surface area (Å²) in [6.07, 6.45) is 5.94. The number of Topliss-reactive ketones (excluding diaryl/α,β-unsaturated/α-hetero) is 1. The van der Waals surface area contributed by atoms with Crippen LogP contribution in [0.25, 0.3) is 16.5 Å². The first-order valence-electron chi connectivity index (χ1n) is 5.89. The number of nitrogens with zero attached hydrogens (tertiary/aromatic N) is 1. The SMILES string of the molecule is O=C1CC=C(c2cccc3cccnc23)CC1. The average Bonchev–Trinajstić information content (AvgIpc) is 2.39. The molecule has 1 aliphatic carbocycles. The minimum Gasteiger partial charge on any atom is -0.299 e. The highest BCUT2D eigenvalue weighted by atomic mass is 16.1. The Morgan fingerprint density at radius 2 is 1.94 bits per heavy atom. The van der Waals surface area contributed by atoms with E-state index < -0.39 is 0 Å². The van der Waals surface area contributed by atoms with Crippen molar-refractivity contribution in [2.24, 2.45) is 0 Å². The molecule has 84 valence electrons. The van der Waals surface area contributed by atoms with E-state index >= 15 is 0 Å². The first-order chi connectivity index (χ1) is 8.34. The molecule has 1 aromatic carbocycles. The Morgan fingerprint density at radius 3 is 2.76 bits per heavy atom. The van der Waals surface area contributed by atoms with Crippen LogP contribution >= 0.6 is 0 Å². The Morgan fingerprint density at radius 1 is 1.06 bits per heavy atom. The third-order valence-electron chi connectivity index (χ3n) is 3.23. The first-order valence-corrected chi connectivity index (χ1v) is 5.89. The van der Waals surface area contributed by atoms with Crippen LogP contribution in [-0.4, -0.2) is 10.8 Å². The number of carbonyl (C=O) groups excluding carboxylic acids is 1. The van der Waals surface area contributed by atoms with Crippen LogP contribution in [0.3, 0.4) is 0 Å². The summed E-state index contributed by atoms with van der Waals surface area (Å²) in [6, 6.07) is 10.2. The van der Waals surface area contributed by atoms with Gasteiger partial charge in [-0.05, 0) is 18.1 Å². The number of rotatable bonds is 1. The fourth-order valence-corrected chi connectivity index (χ4v) is 2.32. The van der Waals surface area contributed by atoms with Crippen LogP contribution in [0.5, 0.6) is 0 Å². The van der Waals surface area contributed by atoms with Crippen LogP contribution in [0.1, 0.15) is 24.8 Å². The third kappa shape index (κ3) is 1.86. The minimum atomic E-state index is 0.335. The number of carbonyl (C=O) groups is 1. The largest absolute Gasteiger partial charge is 0.299 e. The van der Waals surface area contributed by atoms with Gasteiger partial charge in [0.05, 0.1) is 5.52 Å². The van der Waals surface area contributed by atoms with Crippen LogP contribution in [-0.2, 0) is 4.79 Å². The van der Waals surface area contributed by atoms with E-state index in [4.69, 9.17) is 0 Å². The lowest BCUT2D eigenvalue weighted by Gasteiger charge is -2.13. The van der Waals surface area contributed by atoms with Crippen molar-refractivity contribution in [1.82, 2.24) is 4.98 Å². The third-order valence-corrected chi connectivity index (χ3v) is 3.23. The molecule has 2 nitrogen and oxygen atoms in total. The summed E-state index contributed by atoms with van der Waals surface area (Å²) in [5.74, 6) is 0.335. The fourth-order valence-electron chi connectivity index (χ4n) is 2.32. The second-order valence-electron chi connectivity index (χ2n) is 4.35. The van der Waals surface area contributed by atoms with Crippen LogP contribution < -0.4 is 0 Å². The molecule has 2 heteroatoms. The molecule has 0 spiro atoms. The smallest absolute Gasteiger partial charge is 0.137 e. The molecule has 0 unspecified atom stereocenters. The molecule has 2 aromatic rings. The van der Waals surface area contributed by atoms with Crippen molar-refractivity contribution in [1.29, 1.82) is 0 Å². The molecular formula is C15H13NO. The molecule has 1 heterocycles. The second-order valence-corrected chi connectivity index (χ2v) is 4.35. The summed E-state index contributed by atoms with van der Waals surface area (Å²) >= 11 is 0. The molecule has 0 fully saturated rings. The van der Waals surface area contributed by atoms with Crippen LogP contribution in [0.15, 0.2) is 42.6 Å². The van der Waals surface area contributed by atoms with E-state index in [0.29, 0.717) is 18.6 Å². The molecule has 0 radical (unpaired) electrons. The highest BCUT2D eigenvalue weighted by molar-refractivity contribution is 5.94. The van der Waals surface area contributed by atoms with Gasteiger partial charge in [-0.15, -0.1) is 0 Å². The zero-order chi connectivity index (χ0) is 11.7. The van der Waals surface area contributed by atoms with Gasteiger partial charge in [-0.25, -0.2) is 0 Å². The van der Waals surface area contributed by atoms with Crippen LogP contribution in [0, 0.1) is 0 Å². The number of allylic oxidation sites excluding steroid dienone is 2. The van der Waals surface area contributed by atoms with E-state index in [1.54, 1.807) is 0 Å². The number of aromatic nitrogens is 1. The summed E-state index contributed by atoms with van der Waals surface area (Å²) < 4.78 is 0. The normalized spacial score (nSPS) is 16.0. The van der Waals surface area contributed by atoms with Gasteiger partial charge < -0.3 is 0 Å². The first kappa shape index (κ1) is 10.2. The highest BCUT2D eigenvalue weighted by Crippen LogP contribution is 2.29. The van der Waals surface area contributed by atoms with Gasteiger partial charge in [0.1, 0.15) is 5.78 Å². The van der Waals surface area contributed by atoms with E-state index in [0.717, 1.165) is 17.3 Å². The monoisotopic (exact) mass is 223 g/mol. The van der Waals surface area contributed by atoms with Crippen molar-refractivity contribution in [2.75, 3.05) is 0 Å². The molecule has 0 aliphatic heterocycles. The van der Waals surface area contributed by atoms with Crippen molar-refractivity contribution >= 4 is 22.3 Å². The van der Waals surface area contributed by atoms with Gasteiger partial charge in [-0.3, -0.25) is 9.78 Å². The maximum absolute atomic E-state index is 11.2. The lowest BCUT2D eigenvalue weighted by molar-refractivity contribution is -0.118. The number of ketones is 1. The highest BCUT2D eigenvalue weighted by Gasteiger charge is 2.13. The molecule has 0 saturated carbocycles. The Hall–Kier alpha value is -1.96. The molecular weight excluding hydrogens is 210 g/mol. The summed E-state index contributed by atoms with van der Waals surface area (Å²) in [6.45, 7) is 0. The van der Waals surface area contributed by atoms with Gasteiger partial charge >= 0.3 is 0 Å². The molecule has 3 rings (SSSR count). The number of hydrogen-bond donors (Lipinski definition) is 0. The van der Waals surface area contributed by atoms with E-state index in [2.05, 4.69) is 35.3 Å². The molecule has 1 aromatic heterocycles. The van der Waals surface area contributed by atoms with Crippen molar-refractivity contribution in [3.05, 3.63) is 48.2 Å². The topological polar surface area (TPSA) is 30.0 Å². The van der Waals surface area contributed by atoms with Gasteiger partial charge in [0.2, 0.25) is 0 Å². The van der Waals surface area contributed by atoms with Crippen molar-refractivity contribution < 1.29 is 4.79 Å². The van der Waals surface area contributed by atoms with Crippen LogP contribution in [0.4, 0.5) is 0 Å². The standard InChI is InChI=1S/C15H13NO/c17-13-8-6-11(7-9-13)14-5-1-3-12-4-2-10-16-15(12)14/h1-6,10H,7-9H2. The Kier molecular flexibility index (Phi) is 2.48. The van der Waals surface area contributed by atoms with E-state index in [1.165, 1.54) is 11.1 Å². The summed E-state index contributed by atoms with van der Waals surface area (Å²) in [5.41, 5.74) is 3.47. The summed E-state index contributed by atoms with van der Waals surface area (Å²) in [7, 11) is 0. The van der Waals surface area contributed by atoms with E-state index in [9.17, 15) is 4.79 Å². The minimum absolute atomic E-state index is 0.335. The molecule has 17 heavy (non-hydrogen) atoms. The lowest BCUT2D eigenvalue weighted by Crippen LogP contribution is -2.03. The second kappa shape index (κ2) is 4.13. The van der Waals surface area contributed by atoms with Gasteiger partial charge in [-0.1, -0.05) is 30.3 Å². The van der Waals surface area contributed by atoms with Gasteiger partial charge in [-0.2, -0.15) is 0 Å². The summed E-state index contributed by atoms with van der Waals surface area (Å²) in [5, 5.41) is 1.16. The predicted molar refractivity (Wildman–Crippen MR) is 68.6 cm³/mol. The molecule has 0 N–H and O–H groups in total. The maximum Gasteiger partial charge on any atom is 0.137 e. The quantitative estimate of drug-likeness (QED) is 0.741. The van der Waals surface area contributed by atoms with Gasteiger partial charge in [0.15, 0.2) is 0 Å². The Balaban J connectivity index is 2.14. The fraction of sp³-hybridized carbons (Fsp3) is 0.200. The lowest BCUT2D eigenvalue weighted by atomic mass is 9.91. The average molecular weight is 223 g/mol. The number of fused-ring (bicyclic) bond motifs is 1. The zero-order valence-electron chi connectivity index (χ0n) is 9.52. The maximum atomic E-state index is 11.2. The summed E-state index contributed by atoms with van der Waals surface area (Å²) in [4.78, 5) is 15.7. The number of hydrogen-bond acceptors (Lipinski definition) is 2. The zero-order valence-corrected chi connectivity index (χ0v) is 9.52. The predicted octanol–water partition coefficient (Wildman–Crippen LogP) is 3.37. The van der Waals surface area contributed by atoms with Crippen molar-refractivity contribution in [3.8, 4) is 0 Å². The van der Waals surface area contributed by atoms with Crippen molar-refractivity contribution in [3.63, 3.8) is 0 Å². The molecule has 0 atom stereocenters. The van der Waals surface area contributed by atoms with Crippen molar-refractivity contribution in [2.45, 2.75) is 19.3 Å². The van der Waals surface area contributed by atoms with Crippen LogP contribution in [0.2, 0.25) is 0 Å². The Labute approximate surface area is 100.0 Å². The Bertz CT molecular complexity index is 608. The number of para-hydroxylation sites is 1. The molecule has 0 amide bonds. The van der Waals surface area contributed by atoms with Gasteiger partial charge in [0, 0.05) is 30.0 Å². The number of pyridine rings is 1. The van der Waals surface area contributed by atoms with E-state index in [-0.39, 0.29) is 0 Å². The van der Waals surface area contributed by atoms with E-state index in [1.807, 2.05) is 12.3 Å². The number of benzene rings is 1.